The number of aromatic nitrogens is 2. The zero-order valence-electron chi connectivity index (χ0n) is 14.9. The van der Waals surface area contributed by atoms with Gasteiger partial charge >= 0.3 is 6.09 Å². The van der Waals surface area contributed by atoms with Gasteiger partial charge in [-0.1, -0.05) is 0 Å². The quantitative estimate of drug-likeness (QED) is 0.847. The van der Waals surface area contributed by atoms with E-state index in [9.17, 15) is 14.9 Å². The van der Waals surface area contributed by atoms with Gasteiger partial charge in [0.05, 0.1) is 18.7 Å². The van der Waals surface area contributed by atoms with Crippen LogP contribution in [0.1, 0.15) is 34.9 Å². The van der Waals surface area contributed by atoms with Crippen molar-refractivity contribution in [1.82, 2.24) is 14.9 Å². The number of carbonyl (C=O) groups excluding carboxylic acids is 2. The molecule has 0 saturated carbocycles. The van der Waals surface area contributed by atoms with Crippen molar-refractivity contribution in [3.63, 3.8) is 0 Å². The van der Waals surface area contributed by atoms with E-state index >= 15 is 0 Å². The molecule has 0 fully saturated rings. The number of hydrogen-bond acceptors (Lipinski definition) is 7. The van der Waals surface area contributed by atoms with Gasteiger partial charge in [0.1, 0.15) is 17.4 Å². The van der Waals surface area contributed by atoms with E-state index in [4.69, 9.17) is 4.74 Å². The molecule has 1 aliphatic heterocycles. The van der Waals surface area contributed by atoms with Gasteiger partial charge in [-0.15, -0.1) is 11.3 Å². The highest BCUT2D eigenvalue weighted by molar-refractivity contribution is 7.16. The predicted octanol–water partition coefficient (Wildman–Crippen LogP) is 2.50. The van der Waals surface area contributed by atoms with Gasteiger partial charge in [0.25, 0.3) is 0 Å². The number of fused-ring (bicyclic) bond motifs is 1. The van der Waals surface area contributed by atoms with Gasteiger partial charge in [-0.05, 0) is 30.9 Å². The summed E-state index contributed by atoms with van der Waals surface area (Å²) < 4.78 is 5.04. The second-order valence-electron chi connectivity index (χ2n) is 5.99. The van der Waals surface area contributed by atoms with E-state index in [0.717, 1.165) is 16.0 Å². The van der Waals surface area contributed by atoms with E-state index in [-0.39, 0.29) is 18.4 Å². The lowest BCUT2D eigenvalue weighted by molar-refractivity contribution is -0.116. The first-order valence-electron chi connectivity index (χ1n) is 8.62. The molecule has 2 aromatic rings. The molecule has 3 heterocycles. The van der Waals surface area contributed by atoms with E-state index in [1.54, 1.807) is 24.2 Å². The number of amides is 2. The van der Waals surface area contributed by atoms with Crippen LogP contribution in [0.2, 0.25) is 0 Å². The lowest BCUT2D eigenvalue weighted by atomic mass is 10.0. The van der Waals surface area contributed by atoms with Crippen molar-refractivity contribution in [3.05, 3.63) is 40.3 Å². The molecule has 27 heavy (non-hydrogen) atoms. The summed E-state index contributed by atoms with van der Waals surface area (Å²) in [5, 5.41) is 12.9. The Morgan fingerprint density at radius 2 is 2.19 bits per heavy atom. The zero-order chi connectivity index (χ0) is 19.2. The summed E-state index contributed by atoms with van der Waals surface area (Å²) in [5.74, 6) is -0.170. The van der Waals surface area contributed by atoms with E-state index in [0.29, 0.717) is 43.1 Å². The number of thiophene rings is 1. The summed E-state index contributed by atoms with van der Waals surface area (Å²) in [7, 11) is 0. The number of nitrogens with zero attached hydrogens (tertiary/aromatic N) is 4. The van der Waals surface area contributed by atoms with Crippen LogP contribution < -0.4 is 5.32 Å². The minimum Gasteiger partial charge on any atom is -0.450 e. The molecule has 1 aliphatic rings. The minimum atomic E-state index is -0.356. The minimum absolute atomic E-state index is 0.170. The fourth-order valence-corrected chi connectivity index (χ4v) is 4.12. The zero-order valence-corrected chi connectivity index (χ0v) is 15.7. The van der Waals surface area contributed by atoms with Gasteiger partial charge in [0, 0.05) is 30.2 Å². The Kier molecular flexibility index (Phi) is 5.98. The standard InChI is InChI=1S/C18H19N5O3S/c1-2-26-18(25)23-6-5-13-14(7-19)17(27-15(13)10-23)22-16(24)4-3-12-8-20-11-21-9-12/h8-9,11H,2-6,10H2,1H3,(H,22,24). The van der Waals surface area contributed by atoms with Gasteiger partial charge < -0.3 is 15.0 Å². The Balaban J connectivity index is 1.67. The van der Waals surface area contributed by atoms with Crippen LogP contribution in [0.15, 0.2) is 18.7 Å². The lowest BCUT2D eigenvalue weighted by Gasteiger charge is -2.25. The summed E-state index contributed by atoms with van der Waals surface area (Å²) in [6.07, 6.45) is 5.81. The van der Waals surface area contributed by atoms with Crippen molar-refractivity contribution in [2.24, 2.45) is 0 Å². The Hall–Kier alpha value is -2.99. The molecule has 1 N–H and O–H groups in total. The average molecular weight is 385 g/mol. The largest absolute Gasteiger partial charge is 0.450 e. The number of anilines is 1. The first-order chi connectivity index (χ1) is 13.1. The van der Waals surface area contributed by atoms with Gasteiger partial charge in [-0.25, -0.2) is 14.8 Å². The van der Waals surface area contributed by atoms with Crippen molar-refractivity contribution in [2.45, 2.75) is 32.7 Å². The molecular formula is C18H19N5O3S. The molecule has 0 aromatic carbocycles. The Labute approximate surface area is 160 Å². The number of nitriles is 1. The van der Waals surface area contributed by atoms with Crippen LogP contribution in [0.3, 0.4) is 0 Å². The molecule has 0 saturated heterocycles. The Bertz CT molecular complexity index is 875. The maximum absolute atomic E-state index is 12.3. The number of nitrogens with one attached hydrogen (secondary N) is 1. The number of carbonyl (C=O) groups is 2. The van der Waals surface area contributed by atoms with Gasteiger partial charge in [0.15, 0.2) is 0 Å². The summed E-state index contributed by atoms with van der Waals surface area (Å²) in [6, 6.07) is 2.19. The summed E-state index contributed by atoms with van der Waals surface area (Å²) in [6.45, 7) is 2.98. The van der Waals surface area contributed by atoms with E-state index < -0.39 is 0 Å². The lowest BCUT2D eigenvalue weighted by Crippen LogP contribution is -2.35. The highest BCUT2D eigenvalue weighted by atomic mass is 32.1. The molecular weight excluding hydrogens is 366 g/mol. The van der Waals surface area contributed by atoms with Crippen molar-refractivity contribution in [2.75, 3.05) is 18.5 Å². The van der Waals surface area contributed by atoms with E-state index in [2.05, 4.69) is 21.4 Å². The van der Waals surface area contributed by atoms with Crippen LogP contribution >= 0.6 is 11.3 Å². The van der Waals surface area contributed by atoms with E-state index in [1.807, 2.05) is 0 Å². The first-order valence-corrected chi connectivity index (χ1v) is 9.44. The van der Waals surface area contributed by atoms with Gasteiger partial charge in [0.2, 0.25) is 5.91 Å². The monoisotopic (exact) mass is 385 g/mol. The molecule has 0 radical (unpaired) electrons. The average Bonchev–Trinajstić information content (AvgIpc) is 3.03. The molecule has 0 unspecified atom stereocenters. The Morgan fingerprint density at radius 1 is 1.41 bits per heavy atom. The van der Waals surface area contributed by atoms with Crippen molar-refractivity contribution >= 4 is 28.3 Å². The smallest absolute Gasteiger partial charge is 0.410 e. The van der Waals surface area contributed by atoms with Gasteiger partial charge in [-0.2, -0.15) is 5.26 Å². The van der Waals surface area contributed by atoms with Crippen LogP contribution in [0.4, 0.5) is 9.80 Å². The third-order valence-corrected chi connectivity index (χ3v) is 5.33. The molecule has 0 atom stereocenters. The summed E-state index contributed by atoms with van der Waals surface area (Å²) in [4.78, 5) is 34.6. The number of rotatable bonds is 5. The highest BCUT2D eigenvalue weighted by Gasteiger charge is 2.28. The number of hydrogen-bond donors (Lipinski definition) is 1. The highest BCUT2D eigenvalue weighted by Crippen LogP contribution is 2.36. The molecule has 2 aromatic heterocycles. The molecule has 0 bridgehead atoms. The molecule has 8 nitrogen and oxygen atoms in total. The molecule has 0 aliphatic carbocycles. The Morgan fingerprint density at radius 3 is 2.89 bits per heavy atom. The van der Waals surface area contributed by atoms with Crippen LogP contribution in [0, 0.1) is 11.3 Å². The van der Waals surface area contributed by atoms with E-state index in [1.165, 1.54) is 17.7 Å². The molecule has 0 spiro atoms. The molecule has 9 heteroatoms. The van der Waals surface area contributed by atoms with Gasteiger partial charge in [-0.3, -0.25) is 4.79 Å². The topological polar surface area (TPSA) is 108 Å². The molecule has 2 amide bonds. The fourth-order valence-electron chi connectivity index (χ4n) is 2.89. The SMILES string of the molecule is CCOC(=O)N1CCc2c(sc(NC(=O)CCc3cncnc3)c2C#N)C1. The van der Waals surface area contributed by atoms with Crippen LogP contribution in [0.25, 0.3) is 0 Å². The van der Waals surface area contributed by atoms with Crippen LogP contribution in [-0.4, -0.2) is 40.0 Å². The third kappa shape index (κ3) is 4.41. The normalized spacial score (nSPS) is 12.8. The number of aryl methyl sites for hydroxylation is 1. The first kappa shape index (κ1) is 18.8. The fraction of sp³-hybridized carbons (Fsp3) is 0.389. The second-order valence-corrected chi connectivity index (χ2v) is 7.09. The maximum Gasteiger partial charge on any atom is 0.410 e. The summed E-state index contributed by atoms with van der Waals surface area (Å²) in [5.41, 5.74) is 2.29. The maximum atomic E-state index is 12.3. The summed E-state index contributed by atoms with van der Waals surface area (Å²) >= 11 is 1.35. The van der Waals surface area contributed by atoms with Crippen molar-refractivity contribution < 1.29 is 14.3 Å². The second kappa shape index (κ2) is 8.60. The van der Waals surface area contributed by atoms with Crippen LogP contribution in [-0.2, 0) is 28.9 Å². The molecule has 3 rings (SSSR count). The van der Waals surface area contributed by atoms with Crippen LogP contribution in [0.5, 0.6) is 0 Å². The third-order valence-electron chi connectivity index (χ3n) is 4.20. The number of ether oxygens (including phenoxy) is 1. The predicted molar refractivity (Wildman–Crippen MR) is 99.2 cm³/mol. The van der Waals surface area contributed by atoms with Crippen molar-refractivity contribution in [3.8, 4) is 6.07 Å². The van der Waals surface area contributed by atoms with Crippen molar-refractivity contribution in [1.29, 1.82) is 5.26 Å². The molecule has 140 valence electrons.